The molecular weight excluding hydrogens is 338 g/mol. The van der Waals surface area contributed by atoms with Gasteiger partial charge in [0.05, 0.1) is 12.2 Å². The fourth-order valence-corrected chi connectivity index (χ4v) is 3.70. The Morgan fingerprint density at radius 2 is 1.88 bits per heavy atom. The van der Waals surface area contributed by atoms with Gasteiger partial charge in [-0.05, 0) is 38.0 Å². The largest absolute Gasteiger partial charge is 0.484 e. The van der Waals surface area contributed by atoms with Gasteiger partial charge in [-0.15, -0.1) is 11.3 Å². The third kappa shape index (κ3) is 5.06. The maximum absolute atomic E-state index is 12.3. The van der Waals surface area contributed by atoms with Crippen molar-refractivity contribution in [2.24, 2.45) is 0 Å². The predicted molar refractivity (Wildman–Crippen MR) is 99.6 cm³/mol. The van der Waals surface area contributed by atoms with Crippen molar-refractivity contribution in [3.8, 4) is 5.75 Å². The van der Waals surface area contributed by atoms with E-state index in [1.54, 1.807) is 19.1 Å². The number of thiophene rings is 1. The first-order valence-electron chi connectivity index (χ1n) is 8.33. The van der Waals surface area contributed by atoms with E-state index in [1.807, 2.05) is 25.1 Å². The van der Waals surface area contributed by atoms with E-state index in [4.69, 9.17) is 9.47 Å². The van der Waals surface area contributed by atoms with E-state index in [0.717, 1.165) is 23.3 Å². The fraction of sp³-hybridized carbons (Fsp3) is 0.368. The van der Waals surface area contributed by atoms with E-state index < -0.39 is 5.97 Å². The maximum atomic E-state index is 12.3. The minimum Gasteiger partial charge on any atom is -0.484 e. The standard InChI is InChI=1S/C19H23NO4S/c1-4-9-15-13(3)17(19(22)23-5-2)18(25-15)20-16(21)12-24-14-10-7-6-8-11-14/h6-8,10-11H,4-5,9,12H2,1-3H3,(H,20,21). The Morgan fingerprint density at radius 1 is 1.16 bits per heavy atom. The van der Waals surface area contributed by atoms with E-state index in [0.29, 0.717) is 22.9 Å². The summed E-state index contributed by atoms with van der Waals surface area (Å²) in [6.07, 6.45) is 1.83. The summed E-state index contributed by atoms with van der Waals surface area (Å²) < 4.78 is 10.6. The highest BCUT2D eigenvalue weighted by Gasteiger charge is 2.23. The van der Waals surface area contributed by atoms with Crippen LogP contribution in [0.5, 0.6) is 5.75 Å². The van der Waals surface area contributed by atoms with Crippen LogP contribution in [0.3, 0.4) is 0 Å². The number of rotatable bonds is 8. The Labute approximate surface area is 152 Å². The van der Waals surface area contributed by atoms with Crippen molar-refractivity contribution in [2.75, 3.05) is 18.5 Å². The molecule has 1 amide bonds. The first-order valence-corrected chi connectivity index (χ1v) is 9.15. The number of para-hydroxylation sites is 1. The summed E-state index contributed by atoms with van der Waals surface area (Å²) in [6.45, 7) is 5.91. The lowest BCUT2D eigenvalue weighted by Crippen LogP contribution is -2.21. The second kappa shape index (κ2) is 9.22. The molecule has 1 N–H and O–H groups in total. The summed E-state index contributed by atoms with van der Waals surface area (Å²) >= 11 is 1.43. The fourth-order valence-electron chi connectivity index (χ4n) is 2.39. The molecule has 1 heterocycles. The van der Waals surface area contributed by atoms with Crippen molar-refractivity contribution in [1.82, 2.24) is 0 Å². The number of esters is 1. The van der Waals surface area contributed by atoms with E-state index in [9.17, 15) is 9.59 Å². The summed E-state index contributed by atoms with van der Waals surface area (Å²) in [5.41, 5.74) is 1.33. The Balaban J connectivity index is 2.12. The third-order valence-electron chi connectivity index (χ3n) is 3.57. The average molecular weight is 361 g/mol. The quantitative estimate of drug-likeness (QED) is 0.716. The van der Waals surface area contributed by atoms with Gasteiger partial charge >= 0.3 is 5.97 Å². The number of ether oxygens (including phenoxy) is 2. The Kier molecular flexibility index (Phi) is 7.01. The van der Waals surface area contributed by atoms with Crippen LogP contribution >= 0.6 is 11.3 Å². The predicted octanol–water partition coefficient (Wildman–Crippen LogP) is 4.20. The van der Waals surface area contributed by atoms with Crippen LogP contribution in [0, 0.1) is 6.92 Å². The number of carbonyl (C=O) groups is 2. The van der Waals surface area contributed by atoms with Crippen LogP contribution in [0.4, 0.5) is 5.00 Å². The molecule has 0 spiro atoms. The summed E-state index contributed by atoms with van der Waals surface area (Å²) in [6, 6.07) is 9.12. The van der Waals surface area contributed by atoms with Crippen LogP contribution in [0.1, 0.15) is 41.1 Å². The van der Waals surface area contributed by atoms with Crippen molar-refractivity contribution in [3.05, 3.63) is 46.3 Å². The lowest BCUT2D eigenvalue weighted by molar-refractivity contribution is -0.118. The maximum Gasteiger partial charge on any atom is 0.341 e. The molecule has 2 rings (SSSR count). The Hall–Kier alpha value is -2.34. The highest BCUT2D eigenvalue weighted by Crippen LogP contribution is 2.34. The van der Waals surface area contributed by atoms with Crippen molar-refractivity contribution in [1.29, 1.82) is 0 Å². The molecule has 2 aromatic rings. The normalized spacial score (nSPS) is 10.4. The zero-order valence-corrected chi connectivity index (χ0v) is 15.6. The number of hydrogen-bond donors (Lipinski definition) is 1. The molecule has 6 heteroatoms. The lowest BCUT2D eigenvalue weighted by Gasteiger charge is -2.08. The van der Waals surface area contributed by atoms with Gasteiger partial charge in [-0.3, -0.25) is 4.79 Å². The van der Waals surface area contributed by atoms with Gasteiger partial charge in [-0.25, -0.2) is 4.79 Å². The van der Waals surface area contributed by atoms with E-state index in [1.165, 1.54) is 11.3 Å². The van der Waals surface area contributed by atoms with Gasteiger partial charge in [0.25, 0.3) is 5.91 Å². The van der Waals surface area contributed by atoms with Crippen LogP contribution in [-0.2, 0) is 16.0 Å². The minimum absolute atomic E-state index is 0.119. The van der Waals surface area contributed by atoms with Gasteiger partial charge in [0.2, 0.25) is 0 Å². The number of benzene rings is 1. The topological polar surface area (TPSA) is 64.6 Å². The van der Waals surface area contributed by atoms with E-state index in [2.05, 4.69) is 12.2 Å². The van der Waals surface area contributed by atoms with E-state index >= 15 is 0 Å². The number of hydrogen-bond acceptors (Lipinski definition) is 5. The third-order valence-corrected chi connectivity index (χ3v) is 4.84. The smallest absolute Gasteiger partial charge is 0.341 e. The summed E-state index contributed by atoms with van der Waals surface area (Å²) in [7, 11) is 0. The van der Waals surface area contributed by atoms with Gasteiger partial charge < -0.3 is 14.8 Å². The first kappa shape index (κ1) is 19.0. The monoisotopic (exact) mass is 361 g/mol. The molecule has 1 aromatic heterocycles. The minimum atomic E-state index is -0.405. The molecular formula is C19H23NO4S. The molecule has 0 atom stereocenters. The Bertz CT molecular complexity index is 725. The number of anilines is 1. The zero-order valence-electron chi connectivity index (χ0n) is 14.8. The lowest BCUT2D eigenvalue weighted by atomic mass is 10.1. The first-order chi connectivity index (χ1) is 12.1. The van der Waals surface area contributed by atoms with Gasteiger partial charge in [-0.1, -0.05) is 31.5 Å². The van der Waals surface area contributed by atoms with Crippen molar-refractivity contribution in [3.63, 3.8) is 0 Å². The zero-order chi connectivity index (χ0) is 18.2. The molecule has 134 valence electrons. The van der Waals surface area contributed by atoms with Crippen LogP contribution in [0.15, 0.2) is 30.3 Å². The van der Waals surface area contributed by atoms with E-state index in [-0.39, 0.29) is 12.5 Å². The molecule has 0 aliphatic rings. The Morgan fingerprint density at radius 3 is 2.52 bits per heavy atom. The summed E-state index contributed by atoms with van der Waals surface area (Å²) in [5.74, 6) is -0.0890. The number of amides is 1. The molecule has 0 bridgehead atoms. The molecule has 0 saturated carbocycles. The number of aryl methyl sites for hydroxylation is 1. The van der Waals surface area contributed by atoms with Gasteiger partial charge in [-0.2, -0.15) is 0 Å². The van der Waals surface area contributed by atoms with Gasteiger partial charge in [0, 0.05) is 4.88 Å². The van der Waals surface area contributed by atoms with Gasteiger partial charge in [0.15, 0.2) is 6.61 Å². The molecule has 0 saturated heterocycles. The molecule has 0 unspecified atom stereocenters. The molecule has 5 nitrogen and oxygen atoms in total. The highest BCUT2D eigenvalue weighted by atomic mass is 32.1. The second-order valence-corrected chi connectivity index (χ2v) is 6.58. The van der Waals surface area contributed by atoms with Crippen LogP contribution in [0.2, 0.25) is 0 Å². The number of nitrogens with one attached hydrogen (secondary N) is 1. The molecule has 0 aliphatic carbocycles. The van der Waals surface area contributed by atoms with Crippen molar-refractivity contribution < 1.29 is 19.1 Å². The molecule has 0 aliphatic heterocycles. The second-order valence-electron chi connectivity index (χ2n) is 5.47. The van der Waals surface area contributed by atoms with Crippen LogP contribution in [-0.4, -0.2) is 25.1 Å². The molecule has 25 heavy (non-hydrogen) atoms. The molecule has 1 aromatic carbocycles. The summed E-state index contributed by atoms with van der Waals surface area (Å²) in [5, 5.41) is 3.32. The average Bonchev–Trinajstić information content (AvgIpc) is 2.90. The van der Waals surface area contributed by atoms with Crippen LogP contribution < -0.4 is 10.1 Å². The van der Waals surface area contributed by atoms with Crippen LogP contribution in [0.25, 0.3) is 0 Å². The SMILES string of the molecule is CCCc1sc(NC(=O)COc2ccccc2)c(C(=O)OCC)c1C. The molecule has 0 fully saturated rings. The van der Waals surface area contributed by atoms with Gasteiger partial charge in [0.1, 0.15) is 10.8 Å². The van der Waals surface area contributed by atoms with Crippen molar-refractivity contribution >= 4 is 28.2 Å². The van der Waals surface area contributed by atoms with Crippen molar-refractivity contribution in [2.45, 2.75) is 33.6 Å². The number of carbonyl (C=O) groups excluding carboxylic acids is 2. The summed E-state index contributed by atoms with van der Waals surface area (Å²) in [4.78, 5) is 25.6. The molecule has 0 radical (unpaired) electrons. The highest BCUT2D eigenvalue weighted by molar-refractivity contribution is 7.17.